The fourth-order valence-corrected chi connectivity index (χ4v) is 1.22. The summed E-state index contributed by atoms with van der Waals surface area (Å²) in [5, 5.41) is 2.81. The lowest BCUT2D eigenvalue weighted by atomic mass is 10.3. The molecule has 0 saturated heterocycles. The van der Waals surface area contributed by atoms with Crippen molar-refractivity contribution in [1.82, 2.24) is 5.32 Å². The van der Waals surface area contributed by atoms with E-state index in [1.165, 1.54) is 7.11 Å². The Morgan fingerprint density at radius 2 is 2.11 bits per heavy atom. The molecule has 98 valence electrons. The Labute approximate surface area is 108 Å². The average molecular weight is 265 g/mol. The number of nitrogens with one attached hydrogen (secondary N) is 1. The predicted molar refractivity (Wildman–Crippen MR) is 74.5 cm³/mol. The number of ether oxygens (including phenoxy) is 1. The zero-order valence-electron chi connectivity index (χ0n) is 11.2. The zero-order valence-corrected chi connectivity index (χ0v) is 12.2. The topological polar surface area (TPSA) is 74.7 Å². The normalized spacial score (nSPS) is 13.0. The SMILES string of the molecule is COC(=O)C1=CNC=CC=C1.C[Si](C)(C)C=[N+]=[N-]. The minimum Gasteiger partial charge on any atom is -0.465 e. The van der Waals surface area contributed by atoms with E-state index >= 15 is 0 Å². The number of esters is 1. The molecule has 0 spiro atoms. The van der Waals surface area contributed by atoms with Crippen LogP contribution in [0.25, 0.3) is 5.53 Å². The smallest absolute Gasteiger partial charge is 0.339 e. The molecular formula is C12H19N3O2Si. The number of carbonyl (C=O) groups excluding carboxylic acids is 1. The van der Waals surface area contributed by atoms with E-state index in [9.17, 15) is 4.79 Å². The molecule has 0 aromatic rings. The van der Waals surface area contributed by atoms with Crippen LogP contribution in [0.1, 0.15) is 0 Å². The molecule has 0 aromatic heterocycles. The number of rotatable bonds is 2. The van der Waals surface area contributed by atoms with Gasteiger partial charge in [-0.25, -0.2) is 4.79 Å². The van der Waals surface area contributed by atoms with E-state index in [0.717, 1.165) is 0 Å². The van der Waals surface area contributed by atoms with E-state index in [2.05, 4.69) is 34.5 Å². The molecule has 0 radical (unpaired) electrons. The van der Waals surface area contributed by atoms with Crippen molar-refractivity contribution in [3.05, 3.63) is 41.7 Å². The van der Waals surface area contributed by atoms with E-state index in [4.69, 9.17) is 5.53 Å². The van der Waals surface area contributed by atoms with E-state index in [1.54, 1.807) is 36.5 Å². The summed E-state index contributed by atoms with van der Waals surface area (Å²) in [5.74, 6) is 1.30. The molecule has 0 fully saturated rings. The summed E-state index contributed by atoms with van der Waals surface area (Å²) in [5.41, 5.74) is 8.52. The second-order valence-electron chi connectivity index (χ2n) is 4.59. The monoisotopic (exact) mass is 265 g/mol. The van der Waals surface area contributed by atoms with Gasteiger partial charge in [0.05, 0.1) is 12.7 Å². The van der Waals surface area contributed by atoms with Gasteiger partial charge in [-0.2, -0.15) is 4.79 Å². The molecular weight excluding hydrogens is 246 g/mol. The molecule has 1 heterocycles. The average Bonchev–Trinajstić information content (AvgIpc) is 2.55. The van der Waals surface area contributed by atoms with Gasteiger partial charge < -0.3 is 15.6 Å². The molecule has 0 amide bonds. The highest BCUT2D eigenvalue weighted by atomic mass is 28.3. The summed E-state index contributed by atoms with van der Waals surface area (Å²) in [6.07, 6.45) is 8.57. The molecule has 0 aromatic carbocycles. The lowest BCUT2D eigenvalue weighted by Crippen LogP contribution is -2.22. The van der Waals surface area contributed by atoms with Gasteiger partial charge in [-0.05, 0) is 12.2 Å². The Kier molecular flexibility index (Phi) is 7.34. The first kappa shape index (κ1) is 16.1. The van der Waals surface area contributed by atoms with Crippen LogP contribution in [0.4, 0.5) is 0 Å². The Morgan fingerprint density at radius 1 is 1.44 bits per heavy atom. The van der Waals surface area contributed by atoms with Crippen LogP contribution in [0.3, 0.4) is 0 Å². The molecule has 1 aliphatic heterocycles. The third-order valence-electron chi connectivity index (χ3n) is 1.68. The number of methoxy groups -OCH3 is 1. The van der Waals surface area contributed by atoms with Crippen molar-refractivity contribution in [3.8, 4) is 0 Å². The Hall–Kier alpha value is -1.91. The summed E-state index contributed by atoms with van der Waals surface area (Å²) in [7, 11) is 0.158. The van der Waals surface area contributed by atoms with Crippen molar-refractivity contribution in [2.45, 2.75) is 19.6 Å². The van der Waals surface area contributed by atoms with Crippen LogP contribution >= 0.6 is 0 Å². The Bertz CT molecular complexity index is 414. The van der Waals surface area contributed by atoms with Gasteiger partial charge >= 0.3 is 5.97 Å². The summed E-state index contributed by atoms with van der Waals surface area (Å²) in [6, 6.07) is 0. The van der Waals surface area contributed by atoms with Crippen LogP contribution in [0.15, 0.2) is 36.2 Å². The van der Waals surface area contributed by atoms with Gasteiger partial charge in [-0.15, -0.1) is 0 Å². The zero-order chi connectivity index (χ0) is 14.0. The van der Waals surface area contributed by atoms with Crippen LogP contribution in [0, 0.1) is 0 Å². The van der Waals surface area contributed by atoms with Gasteiger partial charge in [-0.1, -0.05) is 25.7 Å². The Morgan fingerprint density at radius 3 is 2.56 bits per heavy atom. The summed E-state index contributed by atoms with van der Waals surface area (Å²) >= 11 is 0. The van der Waals surface area contributed by atoms with E-state index in [0.29, 0.717) is 5.57 Å². The minimum absolute atomic E-state index is 0.336. The molecule has 5 nitrogen and oxygen atoms in total. The molecule has 6 heteroatoms. The van der Waals surface area contributed by atoms with Gasteiger partial charge in [0.1, 0.15) is 0 Å². The quantitative estimate of drug-likeness (QED) is 0.272. The maximum absolute atomic E-state index is 10.9. The van der Waals surface area contributed by atoms with Crippen molar-refractivity contribution in [1.29, 1.82) is 0 Å². The third kappa shape index (κ3) is 8.26. The third-order valence-corrected chi connectivity index (χ3v) is 2.57. The molecule has 0 unspecified atom stereocenters. The molecule has 1 N–H and O–H groups in total. The molecule has 1 rings (SSSR count). The lowest BCUT2D eigenvalue weighted by Gasteiger charge is -1.97. The number of nitrogens with zero attached hydrogens (tertiary/aromatic N) is 2. The molecule has 0 saturated carbocycles. The van der Waals surface area contributed by atoms with Crippen LogP contribution < -0.4 is 5.32 Å². The second-order valence-corrected chi connectivity index (χ2v) is 9.58. The largest absolute Gasteiger partial charge is 0.465 e. The fourth-order valence-electron chi connectivity index (χ4n) is 0.874. The summed E-state index contributed by atoms with van der Waals surface area (Å²) in [4.78, 5) is 13.9. The van der Waals surface area contributed by atoms with Crippen molar-refractivity contribution < 1.29 is 14.3 Å². The first-order chi connectivity index (χ1) is 8.40. The molecule has 1 aliphatic rings. The number of allylic oxidation sites excluding steroid dienone is 2. The molecule has 0 aliphatic carbocycles. The number of hydrogen-bond acceptors (Lipinski definition) is 3. The Balaban J connectivity index is 0.000000360. The van der Waals surface area contributed by atoms with Gasteiger partial charge in [-0.3, -0.25) is 0 Å². The van der Waals surface area contributed by atoms with Crippen LogP contribution in [0.2, 0.25) is 19.6 Å². The van der Waals surface area contributed by atoms with Gasteiger partial charge in [0.15, 0.2) is 8.07 Å². The van der Waals surface area contributed by atoms with Crippen molar-refractivity contribution in [2.24, 2.45) is 0 Å². The van der Waals surface area contributed by atoms with Crippen molar-refractivity contribution in [2.75, 3.05) is 7.11 Å². The first-order valence-electron chi connectivity index (χ1n) is 5.47. The predicted octanol–water partition coefficient (Wildman–Crippen LogP) is 1.88. The first-order valence-corrected chi connectivity index (χ1v) is 9.05. The molecule has 18 heavy (non-hydrogen) atoms. The lowest BCUT2D eigenvalue weighted by molar-refractivity contribution is -0.135. The van der Waals surface area contributed by atoms with Gasteiger partial charge in [0.25, 0.3) is 0 Å². The standard InChI is InChI=1S/C8H9NO2.C4H10N2Si/c1-11-8(10)7-4-2-3-5-9-6-7;1-7(2,3)4-6-5/h2-6,9H,1H3;4H,1-3H3. The molecule has 0 bridgehead atoms. The minimum atomic E-state index is -1.20. The van der Waals surface area contributed by atoms with Gasteiger partial charge in [0, 0.05) is 12.4 Å². The fraction of sp³-hybridized carbons (Fsp3) is 0.333. The summed E-state index contributed by atoms with van der Waals surface area (Å²) < 4.78 is 4.52. The van der Waals surface area contributed by atoms with E-state index in [1.807, 2.05) is 0 Å². The number of carbonyl (C=O) groups is 1. The van der Waals surface area contributed by atoms with Gasteiger partial charge in [0.2, 0.25) is 5.84 Å². The highest BCUT2D eigenvalue weighted by molar-refractivity contribution is 6.98. The maximum atomic E-state index is 10.9. The van der Waals surface area contributed by atoms with E-state index in [-0.39, 0.29) is 5.97 Å². The molecule has 0 atom stereocenters. The van der Waals surface area contributed by atoms with Crippen molar-refractivity contribution in [3.63, 3.8) is 0 Å². The summed E-state index contributed by atoms with van der Waals surface area (Å²) in [6.45, 7) is 6.31. The van der Waals surface area contributed by atoms with Crippen LogP contribution in [-0.2, 0) is 9.53 Å². The number of hydrogen-bond donors (Lipinski definition) is 1. The highest BCUT2D eigenvalue weighted by Gasteiger charge is 2.14. The second kappa shape index (κ2) is 8.22. The van der Waals surface area contributed by atoms with E-state index < -0.39 is 8.07 Å². The maximum Gasteiger partial charge on any atom is 0.339 e. The highest BCUT2D eigenvalue weighted by Crippen LogP contribution is 2.00. The van der Waals surface area contributed by atoms with Crippen LogP contribution in [0.5, 0.6) is 0 Å². The van der Waals surface area contributed by atoms with Crippen LogP contribution in [-0.4, -0.2) is 31.8 Å². The van der Waals surface area contributed by atoms with Crippen molar-refractivity contribution >= 4 is 19.9 Å².